The van der Waals surface area contributed by atoms with E-state index in [0.717, 1.165) is 13.0 Å². The smallest absolute Gasteiger partial charge is 0.255 e. The summed E-state index contributed by atoms with van der Waals surface area (Å²) in [6.45, 7) is 2.51. The first-order valence-electron chi connectivity index (χ1n) is 5.18. The van der Waals surface area contributed by atoms with Crippen molar-refractivity contribution in [2.75, 3.05) is 30.4 Å². The highest BCUT2D eigenvalue weighted by atomic mass is 19.3. The van der Waals surface area contributed by atoms with E-state index < -0.39 is 6.43 Å². The Balaban J connectivity index is 2.65. The normalized spacial score (nSPS) is 10.6. The number of nitrogens with one attached hydrogen (secondary N) is 1. The minimum atomic E-state index is -2.37. The fraction of sp³-hybridized carbons (Fsp3) is 0.600. The largest absolute Gasteiger partial charge is 0.370 e. The molecule has 90 valence electrons. The van der Waals surface area contributed by atoms with E-state index in [1.165, 1.54) is 11.2 Å². The van der Waals surface area contributed by atoms with Crippen LogP contribution in [0.25, 0.3) is 0 Å². The Bertz CT molecular complexity index is 319. The summed E-state index contributed by atoms with van der Waals surface area (Å²) in [5.41, 5.74) is 0. The zero-order chi connectivity index (χ0) is 12.0. The Labute approximate surface area is 93.7 Å². The van der Waals surface area contributed by atoms with Crippen LogP contribution in [0.2, 0.25) is 0 Å². The molecule has 0 aliphatic heterocycles. The number of rotatable bonds is 6. The van der Waals surface area contributed by atoms with Crippen molar-refractivity contribution >= 4 is 11.6 Å². The summed E-state index contributed by atoms with van der Waals surface area (Å²) < 4.78 is 24.3. The molecule has 0 atom stereocenters. The van der Waals surface area contributed by atoms with Gasteiger partial charge < -0.3 is 10.2 Å². The summed E-state index contributed by atoms with van der Waals surface area (Å²) >= 11 is 0. The van der Waals surface area contributed by atoms with E-state index in [1.54, 1.807) is 13.1 Å². The van der Waals surface area contributed by atoms with Crippen LogP contribution in [0.15, 0.2) is 12.4 Å². The first-order valence-corrected chi connectivity index (χ1v) is 5.18. The van der Waals surface area contributed by atoms with Crippen molar-refractivity contribution in [3.05, 3.63) is 12.4 Å². The minimum absolute atomic E-state index is 0.329. The van der Waals surface area contributed by atoms with Gasteiger partial charge in [-0.05, 0) is 6.42 Å². The van der Waals surface area contributed by atoms with Gasteiger partial charge >= 0.3 is 0 Å². The molecule has 0 spiro atoms. The molecule has 1 heterocycles. The first-order chi connectivity index (χ1) is 7.63. The van der Waals surface area contributed by atoms with E-state index >= 15 is 0 Å². The van der Waals surface area contributed by atoms with Gasteiger partial charge in [0, 0.05) is 19.7 Å². The molecule has 0 amide bonds. The standard InChI is InChI=1S/C10H16F2N4/c1-3-4-13-9-5-10(15-7-14-9)16(2)6-8(11)12/h5,7-8H,3-4,6H2,1-2H3,(H,13,14,15). The molecule has 0 aliphatic carbocycles. The van der Waals surface area contributed by atoms with Crippen LogP contribution in [0.1, 0.15) is 13.3 Å². The van der Waals surface area contributed by atoms with E-state index in [1.807, 2.05) is 6.92 Å². The average Bonchev–Trinajstić information content (AvgIpc) is 2.26. The molecule has 16 heavy (non-hydrogen) atoms. The number of aromatic nitrogens is 2. The summed E-state index contributed by atoms with van der Waals surface area (Å²) in [5, 5.41) is 3.08. The molecule has 1 aromatic rings. The molecule has 0 aliphatic rings. The monoisotopic (exact) mass is 230 g/mol. The van der Waals surface area contributed by atoms with Crippen molar-refractivity contribution < 1.29 is 8.78 Å². The third kappa shape index (κ3) is 3.96. The summed E-state index contributed by atoms with van der Waals surface area (Å²) in [5.74, 6) is 1.15. The lowest BCUT2D eigenvalue weighted by atomic mass is 10.4. The summed E-state index contributed by atoms with van der Waals surface area (Å²) in [6.07, 6.45) is -0.0198. The number of anilines is 2. The molecule has 1 rings (SSSR count). The van der Waals surface area contributed by atoms with Gasteiger partial charge in [0.05, 0.1) is 6.54 Å². The van der Waals surface area contributed by atoms with Crippen molar-refractivity contribution in [1.29, 1.82) is 0 Å². The van der Waals surface area contributed by atoms with E-state index in [0.29, 0.717) is 11.6 Å². The lowest BCUT2D eigenvalue weighted by molar-refractivity contribution is 0.156. The molecule has 0 unspecified atom stereocenters. The van der Waals surface area contributed by atoms with Gasteiger partial charge in [-0.1, -0.05) is 6.92 Å². The molecule has 1 aromatic heterocycles. The Kier molecular flexibility index (Phi) is 4.88. The van der Waals surface area contributed by atoms with Gasteiger partial charge in [-0.25, -0.2) is 18.7 Å². The summed E-state index contributed by atoms with van der Waals surface area (Å²) in [4.78, 5) is 9.35. The lowest BCUT2D eigenvalue weighted by Gasteiger charge is -2.17. The first kappa shape index (κ1) is 12.6. The number of hydrogen-bond donors (Lipinski definition) is 1. The number of alkyl halides is 2. The SMILES string of the molecule is CCCNc1cc(N(C)CC(F)F)ncn1. The molecule has 0 radical (unpaired) electrons. The average molecular weight is 230 g/mol. The van der Waals surface area contributed by atoms with E-state index in [9.17, 15) is 8.78 Å². The highest BCUT2D eigenvalue weighted by Crippen LogP contribution is 2.13. The summed E-state index contributed by atoms with van der Waals surface area (Å²) in [6, 6.07) is 1.66. The van der Waals surface area contributed by atoms with Crippen LogP contribution in [-0.2, 0) is 0 Å². The van der Waals surface area contributed by atoms with Crippen molar-refractivity contribution in [3.63, 3.8) is 0 Å². The maximum absolute atomic E-state index is 12.2. The minimum Gasteiger partial charge on any atom is -0.370 e. The fourth-order valence-corrected chi connectivity index (χ4v) is 1.21. The Hall–Kier alpha value is -1.46. The van der Waals surface area contributed by atoms with Crippen molar-refractivity contribution in [2.45, 2.75) is 19.8 Å². The van der Waals surface area contributed by atoms with Gasteiger partial charge in [-0.15, -0.1) is 0 Å². The highest BCUT2D eigenvalue weighted by Gasteiger charge is 2.10. The maximum atomic E-state index is 12.2. The zero-order valence-corrected chi connectivity index (χ0v) is 9.45. The molecule has 0 bridgehead atoms. The fourth-order valence-electron chi connectivity index (χ4n) is 1.21. The highest BCUT2D eigenvalue weighted by molar-refractivity contribution is 5.47. The van der Waals surface area contributed by atoms with Crippen LogP contribution < -0.4 is 10.2 Å². The maximum Gasteiger partial charge on any atom is 0.255 e. The molecule has 0 fully saturated rings. The van der Waals surface area contributed by atoms with Gasteiger partial charge in [0.15, 0.2) is 0 Å². The molecule has 0 saturated carbocycles. The third-order valence-corrected chi connectivity index (χ3v) is 2.01. The predicted octanol–water partition coefficient (Wildman–Crippen LogP) is 2.00. The molecular weight excluding hydrogens is 214 g/mol. The van der Waals surface area contributed by atoms with Gasteiger partial charge in [0.1, 0.15) is 18.0 Å². The van der Waals surface area contributed by atoms with Gasteiger partial charge in [-0.3, -0.25) is 0 Å². The Morgan fingerprint density at radius 1 is 1.44 bits per heavy atom. The van der Waals surface area contributed by atoms with E-state index in [4.69, 9.17) is 0 Å². The number of nitrogens with zero attached hydrogens (tertiary/aromatic N) is 3. The van der Waals surface area contributed by atoms with Crippen molar-refractivity contribution in [3.8, 4) is 0 Å². The van der Waals surface area contributed by atoms with Gasteiger partial charge in [0.25, 0.3) is 6.43 Å². The van der Waals surface area contributed by atoms with Crippen LogP contribution in [0.5, 0.6) is 0 Å². The van der Waals surface area contributed by atoms with E-state index in [2.05, 4.69) is 15.3 Å². The third-order valence-electron chi connectivity index (χ3n) is 2.01. The van der Waals surface area contributed by atoms with Crippen molar-refractivity contribution in [1.82, 2.24) is 9.97 Å². The second-order valence-corrected chi connectivity index (χ2v) is 3.46. The molecule has 6 heteroatoms. The van der Waals surface area contributed by atoms with Gasteiger partial charge in [-0.2, -0.15) is 0 Å². The molecule has 0 aromatic carbocycles. The zero-order valence-electron chi connectivity index (χ0n) is 9.45. The van der Waals surface area contributed by atoms with Crippen LogP contribution in [0, 0.1) is 0 Å². The molecule has 0 saturated heterocycles. The van der Waals surface area contributed by atoms with Crippen LogP contribution >= 0.6 is 0 Å². The topological polar surface area (TPSA) is 41.0 Å². The Morgan fingerprint density at radius 2 is 2.19 bits per heavy atom. The molecule has 1 N–H and O–H groups in total. The van der Waals surface area contributed by atoms with Crippen LogP contribution in [0.4, 0.5) is 20.4 Å². The van der Waals surface area contributed by atoms with Gasteiger partial charge in [0.2, 0.25) is 0 Å². The number of hydrogen-bond acceptors (Lipinski definition) is 4. The second-order valence-electron chi connectivity index (χ2n) is 3.46. The van der Waals surface area contributed by atoms with Crippen LogP contribution in [0.3, 0.4) is 0 Å². The molecular formula is C10H16F2N4. The quantitative estimate of drug-likeness (QED) is 0.811. The summed E-state index contributed by atoms with van der Waals surface area (Å²) in [7, 11) is 1.58. The van der Waals surface area contributed by atoms with Crippen LogP contribution in [-0.4, -0.2) is 36.5 Å². The second kappa shape index (κ2) is 6.19. The Morgan fingerprint density at radius 3 is 2.81 bits per heavy atom. The van der Waals surface area contributed by atoms with Crippen molar-refractivity contribution in [2.24, 2.45) is 0 Å². The molecule has 4 nitrogen and oxygen atoms in total. The number of halogens is 2. The lowest BCUT2D eigenvalue weighted by Crippen LogP contribution is -2.25. The van der Waals surface area contributed by atoms with E-state index in [-0.39, 0.29) is 6.54 Å². The predicted molar refractivity (Wildman–Crippen MR) is 60.1 cm³/mol.